The lowest BCUT2D eigenvalue weighted by Gasteiger charge is -2.36. The normalized spacial score (nSPS) is 12.4. The zero-order valence-corrected chi connectivity index (χ0v) is 20.8. The van der Waals surface area contributed by atoms with Crippen LogP contribution in [0.15, 0.2) is 18.2 Å². The van der Waals surface area contributed by atoms with Crippen molar-refractivity contribution in [1.82, 2.24) is 0 Å². The number of ether oxygens (including phenoxy) is 2. The molecule has 0 saturated carbocycles. The highest BCUT2D eigenvalue weighted by atomic mass is 28.4. The average Bonchev–Trinajstić information content (AvgIpc) is 2.70. The highest BCUT2D eigenvalue weighted by Gasteiger charge is 2.39. The Balaban J connectivity index is 2.61. The van der Waals surface area contributed by atoms with Crippen LogP contribution in [0.25, 0.3) is 0 Å². The molecule has 1 unspecified atom stereocenters. The number of unbranched alkanes of at least 4 members (excludes halogenated alkanes) is 1. The van der Waals surface area contributed by atoms with E-state index in [1.165, 1.54) is 7.11 Å². The minimum Gasteiger partial charge on any atom is -0.541 e. The smallest absolute Gasteiger partial charge is 0.338 e. The van der Waals surface area contributed by atoms with Crippen LogP contribution in [-0.2, 0) is 14.4 Å². The van der Waals surface area contributed by atoms with Gasteiger partial charge in [0.05, 0.1) is 19.3 Å². The first-order valence-electron chi connectivity index (χ1n) is 10.4. The van der Waals surface area contributed by atoms with Gasteiger partial charge in [-0.25, -0.2) is 4.79 Å². The van der Waals surface area contributed by atoms with Gasteiger partial charge < -0.3 is 23.6 Å². The van der Waals surface area contributed by atoms with Crippen molar-refractivity contribution in [2.75, 3.05) is 20.3 Å². The van der Waals surface area contributed by atoms with E-state index >= 15 is 0 Å². The lowest BCUT2D eigenvalue weighted by Crippen LogP contribution is -2.43. The molecule has 1 aromatic rings. The molecule has 0 radical (unpaired) electrons. The summed E-state index contributed by atoms with van der Waals surface area (Å²) in [5, 5.41) is 18.6. The number of carbonyl (C=O) groups is 1. The largest absolute Gasteiger partial charge is 0.541 e. The highest BCUT2D eigenvalue weighted by molar-refractivity contribution is 6.74. The summed E-state index contributed by atoms with van der Waals surface area (Å²) in [6.07, 6.45) is -0.209. The molecule has 0 spiro atoms. The molecule has 1 rings (SSSR count). The van der Waals surface area contributed by atoms with Crippen molar-refractivity contribution < 1.29 is 38.5 Å². The molecule has 0 aliphatic rings. The van der Waals surface area contributed by atoms with Crippen molar-refractivity contribution >= 4 is 14.3 Å². The molecule has 33 heavy (non-hydrogen) atoms. The van der Waals surface area contributed by atoms with Crippen LogP contribution in [0.4, 0.5) is 0 Å². The Labute approximate surface area is 193 Å². The number of benzene rings is 1. The first-order chi connectivity index (χ1) is 15.3. The third-order valence-electron chi connectivity index (χ3n) is 5.33. The van der Waals surface area contributed by atoms with Gasteiger partial charge in [0.25, 0.3) is 18.5 Å². The van der Waals surface area contributed by atoms with Crippen LogP contribution in [0.3, 0.4) is 0 Å². The molecular formula is C20H32N2O10Si. The molecule has 0 fully saturated rings. The zero-order chi connectivity index (χ0) is 25.2. The van der Waals surface area contributed by atoms with Gasteiger partial charge >= 0.3 is 5.97 Å². The van der Waals surface area contributed by atoms with Crippen molar-refractivity contribution in [2.45, 2.75) is 64.3 Å². The summed E-state index contributed by atoms with van der Waals surface area (Å²) in [5.74, 6) is 0.441. The van der Waals surface area contributed by atoms with E-state index in [0.29, 0.717) is 29.9 Å². The van der Waals surface area contributed by atoms with Crippen LogP contribution < -0.4 is 9.16 Å². The average molecular weight is 489 g/mol. The summed E-state index contributed by atoms with van der Waals surface area (Å²) in [5.41, 5.74) is 0.295. The molecule has 0 amide bonds. The van der Waals surface area contributed by atoms with Crippen molar-refractivity contribution in [3.05, 3.63) is 44.0 Å². The molecule has 1 atom stereocenters. The van der Waals surface area contributed by atoms with Gasteiger partial charge in [-0.2, -0.15) is 0 Å². The summed E-state index contributed by atoms with van der Waals surface area (Å²) >= 11 is 0. The fourth-order valence-electron chi connectivity index (χ4n) is 2.46. The number of rotatable bonds is 14. The summed E-state index contributed by atoms with van der Waals surface area (Å²) in [6.45, 7) is 10.1. The molecular weight excluding hydrogens is 456 g/mol. The lowest BCUT2D eigenvalue weighted by atomic mass is 10.1. The van der Waals surface area contributed by atoms with Crippen LogP contribution >= 0.6 is 0 Å². The van der Waals surface area contributed by atoms with Crippen LogP contribution in [0.5, 0.6) is 11.5 Å². The quantitative estimate of drug-likeness (QED) is 0.123. The standard InChI is InChI=1S/C20H32N2O10Si/c1-20(2,3)33(5,6)32-17-11-10-15(13-18(17)28-4)19(23)29-12-8-7-9-16(31-22(26)27)14-30-21(24)25/h10-11,13,16H,7-9,12,14H2,1-6H3. The number of methoxy groups -OCH3 is 1. The Morgan fingerprint density at radius 2 is 1.76 bits per heavy atom. The van der Waals surface area contributed by atoms with Gasteiger partial charge in [0.1, 0.15) is 18.5 Å². The Hall–Kier alpha value is -3.09. The molecule has 1 aromatic carbocycles. The second-order valence-corrected chi connectivity index (χ2v) is 13.6. The molecule has 0 bridgehead atoms. The molecule has 186 valence electrons. The van der Waals surface area contributed by atoms with Gasteiger partial charge in [-0.15, -0.1) is 20.2 Å². The monoisotopic (exact) mass is 488 g/mol. The number of esters is 1. The van der Waals surface area contributed by atoms with Gasteiger partial charge in [0, 0.05) is 0 Å². The maximum Gasteiger partial charge on any atom is 0.338 e. The van der Waals surface area contributed by atoms with Gasteiger partial charge in [-0.05, 0) is 55.6 Å². The van der Waals surface area contributed by atoms with E-state index in [9.17, 15) is 25.0 Å². The van der Waals surface area contributed by atoms with Crippen LogP contribution in [-0.4, -0.2) is 50.9 Å². The summed E-state index contributed by atoms with van der Waals surface area (Å²) in [7, 11) is -0.600. The molecule has 0 saturated heterocycles. The maximum atomic E-state index is 12.4. The van der Waals surface area contributed by atoms with Crippen molar-refractivity contribution in [3.8, 4) is 11.5 Å². The van der Waals surface area contributed by atoms with E-state index in [2.05, 4.69) is 43.5 Å². The highest BCUT2D eigenvalue weighted by Crippen LogP contribution is 2.40. The van der Waals surface area contributed by atoms with Crippen LogP contribution in [0, 0.1) is 20.2 Å². The molecule has 0 heterocycles. The van der Waals surface area contributed by atoms with E-state index < -0.39 is 37.2 Å². The van der Waals surface area contributed by atoms with Crippen LogP contribution in [0.1, 0.15) is 50.4 Å². The van der Waals surface area contributed by atoms with Gasteiger partial charge in [0.2, 0.25) is 0 Å². The second kappa shape index (κ2) is 12.2. The van der Waals surface area contributed by atoms with Gasteiger partial charge in [0.15, 0.2) is 5.75 Å². The molecule has 0 aliphatic carbocycles. The Morgan fingerprint density at radius 3 is 2.30 bits per heavy atom. The zero-order valence-electron chi connectivity index (χ0n) is 19.8. The summed E-state index contributed by atoms with van der Waals surface area (Å²) in [6, 6.07) is 4.84. The van der Waals surface area contributed by atoms with Crippen molar-refractivity contribution in [1.29, 1.82) is 0 Å². The molecule has 0 aromatic heterocycles. The van der Waals surface area contributed by atoms with E-state index in [1.54, 1.807) is 18.2 Å². The topological polar surface area (TPSA) is 150 Å². The SMILES string of the molecule is COc1cc(C(=O)OCCCCC(CO[N+](=O)[O-])O[N+](=O)[O-])ccc1O[Si](C)(C)C(C)(C)C. The van der Waals surface area contributed by atoms with Gasteiger partial charge in [-0.3, -0.25) is 0 Å². The van der Waals surface area contributed by atoms with E-state index in [1.807, 2.05) is 0 Å². The predicted octanol–water partition coefficient (Wildman–Crippen LogP) is 4.19. The Bertz CT molecular complexity index is 826. The maximum absolute atomic E-state index is 12.4. The minimum absolute atomic E-state index is 0.00516. The molecule has 12 nitrogen and oxygen atoms in total. The number of hydrogen-bond acceptors (Lipinski definition) is 10. The summed E-state index contributed by atoms with van der Waals surface area (Å²) in [4.78, 5) is 41.6. The van der Waals surface area contributed by atoms with Crippen molar-refractivity contribution in [2.24, 2.45) is 0 Å². The first-order valence-corrected chi connectivity index (χ1v) is 13.3. The second-order valence-electron chi connectivity index (χ2n) is 8.83. The fourth-order valence-corrected chi connectivity index (χ4v) is 3.49. The van der Waals surface area contributed by atoms with Gasteiger partial charge in [-0.1, -0.05) is 20.8 Å². The molecule has 13 heteroatoms. The predicted molar refractivity (Wildman–Crippen MR) is 120 cm³/mol. The lowest BCUT2D eigenvalue weighted by molar-refractivity contribution is -0.790. The first kappa shape index (κ1) is 27.9. The van der Waals surface area contributed by atoms with Crippen LogP contribution in [0.2, 0.25) is 18.1 Å². The number of nitrogens with zero attached hydrogens (tertiary/aromatic N) is 2. The molecule has 0 aliphatic heterocycles. The Morgan fingerprint density at radius 1 is 1.09 bits per heavy atom. The number of carbonyl (C=O) groups excluding carboxylic acids is 1. The third kappa shape index (κ3) is 9.51. The van der Waals surface area contributed by atoms with E-state index in [0.717, 1.165) is 0 Å². The van der Waals surface area contributed by atoms with E-state index in [-0.39, 0.29) is 18.1 Å². The summed E-state index contributed by atoms with van der Waals surface area (Å²) < 4.78 is 16.9. The molecule has 0 N–H and O–H groups in total. The van der Waals surface area contributed by atoms with E-state index in [4.69, 9.17) is 13.9 Å². The third-order valence-corrected chi connectivity index (χ3v) is 9.67. The fraction of sp³-hybridized carbons (Fsp3) is 0.650. The Kier molecular flexibility index (Phi) is 10.4. The van der Waals surface area contributed by atoms with Crippen molar-refractivity contribution in [3.63, 3.8) is 0 Å². The minimum atomic E-state index is -2.10. The number of hydrogen-bond donors (Lipinski definition) is 0.